The number of esters is 1. The largest absolute Gasteiger partial charge is 0.497 e. The predicted molar refractivity (Wildman–Crippen MR) is 50.2 cm³/mol. The van der Waals surface area contributed by atoms with Crippen LogP contribution in [0.15, 0.2) is 18.2 Å². The Labute approximate surface area is 81.6 Å². The second-order valence-electron chi connectivity index (χ2n) is 3.08. The molecule has 1 aliphatic rings. The number of benzene rings is 1. The van der Waals surface area contributed by atoms with Crippen molar-refractivity contribution >= 4 is 5.97 Å². The summed E-state index contributed by atoms with van der Waals surface area (Å²) in [7, 11) is 1.58. The Hall–Kier alpha value is -1.55. The lowest BCUT2D eigenvalue weighted by molar-refractivity contribution is 0.0402. The topological polar surface area (TPSA) is 61.6 Å². The molecule has 1 heterocycles. The Kier molecular flexibility index (Phi) is 2.13. The zero-order valence-electron chi connectivity index (χ0n) is 7.82. The quantitative estimate of drug-likeness (QED) is 0.708. The average Bonchev–Trinajstić information content (AvgIpc) is 2.55. The van der Waals surface area contributed by atoms with Gasteiger partial charge >= 0.3 is 5.97 Å². The summed E-state index contributed by atoms with van der Waals surface area (Å²) in [5.41, 5.74) is 6.89. The predicted octanol–water partition coefficient (Wildman–Crippen LogP) is 0.865. The first-order valence-corrected chi connectivity index (χ1v) is 4.35. The standard InChI is InChI=1S/C10H11NO3/c1-13-6-2-3-7-8(4-6)9(5-11)14-10(7)12/h2-4,9H,5,11H2,1H3/t9-/m1/s1. The van der Waals surface area contributed by atoms with Crippen molar-refractivity contribution in [1.82, 2.24) is 0 Å². The van der Waals surface area contributed by atoms with Gasteiger partial charge in [-0.25, -0.2) is 4.79 Å². The van der Waals surface area contributed by atoms with Gasteiger partial charge in [-0.2, -0.15) is 0 Å². The van der Waals surface area contributed by atoms with Gasteiger partial charge in [-0.05, 0) is 18.2 Å². The summed E-state index contributed by atoms with van der Waals surface area (Å²) in [5.74, 6) is 0.401. The van der Waals surface area contributed by atoms with E-state index >= 15 is 0 Å². The first kappa shape index (κ1) is 9.02. The van der Waals surface area contributed by atoms with Crippen molar-refractivity contribution in [2.24, 2.45) is 5.73 Å². The number of hydrogen-bond acceptors (Lipinski definition) is 4. The fourth-order valence-corrected chi connectivity index (χ4v) is 1.55. The molecular formula is C10H11NO3. The average molecular weight is 193 g/mol. The van der Waals surface area contributed by atoms with Crippen LogP contribution in [0.3, 0.4) is 0 Å². The van der Waals surface area contributed by atoms with Gasteiger partial charge in [0, 0.05) is 12.1 Å². The fraction of sp³-hybridized carbons (Fsp3) is 0.300. The number of carbonyl (C=O) groups is 1. The Morgan fingerprint density at radius 2 is 2.36 bits per heavy atom. The maximum absolute atomic E-state index is 11.3. The molecular weight excluding hydrogens is 182 g/mol. The van der Waals surface area contributed by atoms with Gasteiger partial charge in [-0.15, -0.1) is 0 Å². The van der Waals surface area contributed by atoms with Crippen molar-refractivity contribution in [2.75, 3.05) is 13.7 Å². The van der Waals surface area contributed by atoms with E-state index in [1.807, 2.05) is 0 Å². The minimum absolute atomic E-state index is 0.298. The normalized spacial score (nSPS) is 19.0. The van der Waals surface area contributed by atoms with Crippen molar-refractivity contribution in [3.05, 3.63) is 29.3 Å². The Morgan fingerprint density at radius 1 is 1.57 bits per heavy atom. The molecule has 1 aromatic carbocycles. The highest BCUT2D eigenvalue weighted by atomic mass is 16.5. The second kappa shape index (κ2) is 3.31. The van der Waals surface area contributed by atoms with Crippen LogP contribution in [0.25, 0.3) is 0 Å². The number of fused-ring (bicyclic) bond motifs is 1. The third-order valence-corrected chi connectivity index (χ3v) is 2.29. The van der Waals surface area contributed by atoms with E-state index in [0.29, 0.717) is 17.9 Å². The van der Waals surface area contributed by atoms with Crippen LogP contribution in [-0.2, 0) is 4.74 Å². The summed E-state index contributed by atoms with van der Waals surface area (Å²) in [4.78, 5) is 11.3. The third-order valence-electron chi connectivity index (χ3n) is 2.29. The number of carbonyl (C=O) groups excluding carboxylic acids is 1. The molecule has 0 fully saturated rings. The van der Waals surface area contributed by atoms with Crippen LogP contribution < -0.4 is 10.5 Å². The summed E-state index contributed by atoms with van der Waals surface area (Å²) in [6.07, 6.45) is -0.326. The van der Waals surface area contributed by atoms with Gasteiger partial charge in [0.05, 0.1) is 12.7 Å². The van der Waals surface area contributed by atoms with Gasteiger partial charge in [-0.1, -0.05) is 0 Å². The highest BCUT2D eigenvalue weighted by Gasteiger charge is 2.30. The Morgan fingerprint density at radius 3 is 3.00 bits per heavy atom. The second-order valence-corrected chi connectivity index (χ2v) is 3.08. The molecule has 14 heavy (non-hydrogen) atoms. The molecule has 0 saturated heterocycles. The minimum atomic E-state index is -0.326. The maximum Gasteiger partial charge on any atom is 0.339 e. The smallest absolute Gasteiger partial charge is 0.339 e. The first-order valence-electron chi connectivity index (χ1n) is 4.35. The first-order chi connectivity index (χ1) is 6.76. The highest BCUT2D eigenvalue weighted by molar-refractivity contribution is 5.94. The summed E-state index contributed by atoms with van der Waals surface area (Å²) >= 11 is 0. The van der Waals surface area contributed by atoms with Gasteiger partial charge in [0.15, 0.2) is 0 Å². The highest BCUT2D eigenvalue weighted by Crippen LogP contribution is 2.32. The fourth-order valence-electron chi connectivity index (χ4n) is 1.55. The number of rotatable bonds is 2. The maximum atomic E-state index is 11.3. The lowest BCUT2D eigenvalue weighted by atomic mass is 10.0. The molecule has 0 unspecified atom stereocenters. The summed E-state index contributed by atoms with van der Waals surface area (Å²) < 4.78 is 10.1. The molecule has 0 aliphatic carbocycles. The molecule has 4 nitrogen and oxygen atoms in total. The molecule has 0 radical (unpaired) electrons. The number of methoxy groups -OCH3 is 1. The molecule has 0 saturated carbocycles. The van der Waals surface area contributed by atoms with Crippen molar-refractivity contribution in [1.29, 1.82) is 0 Å². The van der Waals surface area contributed by atoms with Crippen molar-refractivity contribution in [2.45, 2.75) is 6.10 Å². The lowest BCUT2D eigenvalue weighted by Gasteiger charge is -2.07. The van der Waals surface area contributed by atoms with Crippen LogP contribution in [0.2, 0.25) is 0 Å². The van der Waals surface area contributed by atoms with E-state index < -0.39 is 0 Å². The molecule has 0 aromatic heterocycles. The van der Waals surface area contributed by atoms with E-state index in [1.165, 1.54) is 0 Å². The number of hydrogen-bond donors (Lipinski definition) is 1. The Balaban J connectivity index is 2.47. The van der Waals surface area contributed by atoms with Crippen molar-refractivity contribution < 1.29 is 14.3 Å². The summed E-state index contributed by atoms with van der Waals surface area (Å²) in [6, 6.07) is 5.23. The van der Waals surface area contributed by atoms with Crippen LogP contribution in [0.1, 0.15) is 22.0 Å². The molecule has 2 rings (SSSR count). The van der Waals surface area contributed by atoms with Crippen LogP contribution in [0.5, 0.6) is 5.75 Å². The minimum Gasteiger partial charge on any atom is -0.497 e. The molecule has 0 amide bonds. The number of nitrogens with two attached hydrogens (primary N) is 1. The molecule has 1 aromatic rings. The van der Waals surface area contributed by atoms with E-state index in [9.17, 15) is 4.79 Å². The lowest BCUT2D eigenvalue weighted by Crippen LogP contribution is -2.11. The molecule has 1 atom stereocenters. The molecule has 0 bridgehead atoms. The summed E-state index contributed by atoms with van der Waals surface area (Å²) in [6.45, 7) is 0.298. The van der Waals surface area contributed by atoms with Crippen molar-refractivity contribution in [3.63, 3.8) is 0 Å². The monoisotopic (exact) mass is 193 g/mol. The number of cyclic esters (lactones) is 1. The van der Waals surface area contributed by atoms with E-state index in [2.05, 4.69) is 0 Å². The summed E-state index contributed by atoms with van der Waals surface area (Å²) in [5, 5.41) is 0. The van der Waals surface area contributed by atoms with E-state index in [0.717, 1.165) is 5.56 Å². The molecule has 1 aliphatic heterocycles. The molecule has 4 heteroatoms. The van der Waals surface area contributed by atoms with Crippen LogP contribution in [0.4, 0.5) is 0 Å². The van der Waals surface area contributed by atoms with Gasteiger partial charge in [0.2, 0.25) is 0 Å². The molecule has 74 valence electrons. The van der Waals surface area contributed by atoms with Crippen LogP contribution in [-0.4, -0.2) is 19.6 Å². The van der Waals surface area contributed by atoms with E-state index in [4.69, 9.17) is 15.2 Å². The van der Waals surface area contributed by atoms with Gasteiger partial charge in [0.1, 0.15) is 11.9 Å². The zero-order chi connectivity index (χ0) is 10.1. The van der Waals surface area contributed by atoms with Crippen molar-refractivity contribution in [3.8, 4) is 5.75 Å². The van der Waals surface area contributed by atoms with Gasteiger partial charge < -0.3 is 15.2 Å². The van der Waals surface area contributed by atoms with Gasteiger partial charge in [0.25, 0.3) is 0 Å². The molecule has 0 spiro atoms. The Bertz CT molecular complexity index is 376. The SMILES string of the molecule is COc1ccc2c(c1)[C@@H](CN)OC2=O. The zero-order valence-corrected chi connectivity index (χ0v) is 7.82. The van der Waals surface area contributed by atoms with Crippen LogP contribution >= 0.6 is 0 Å². The van der Waals surface area contributed by atoms with Gasteiger partial charge in [-0.3, -0.25) is 0 Å². The van der Waals surface area contributed by atoms with Crippen LogP contribution in [0, 0.1) is 0 Å². The number of ether oxygens (including phenoxy) is 2. The third kappa shape index (κ3) is 1.24. The molecule has 2 N–H and O–H groups in total. The van der Waals surface area contributed by atoms with E-state index in [-0.39, 0.29) is 12.1 Å². The van der Waals surface area contributed by atoms with E-state index in [1.54, 1.807) is 25.3 Å².